The van der Waals surface area contributed by atoms with Gasteiger partial charge in [-0.3, -0.25) is 9.59 Å². The number of rotatable bonds is 5. The van der Waals surface area contributed by atoms with Crippen LogP contribution in [0.15, 0.2) is 42.5 Å². The van der Waals surface area contributed by atoms with Crippen LogP contribution < -0.4 is 10.6 Å². The Balaban J connectivity index is 1.71. The molecule has 3 rings (SSSR count). The van der Waals surface area contributed by atoms with E-state index in [2.05, 4.69) is 33.2 Å². The Labute approximate surface area is 166 Å². The summed E-state index contributed by atoms with van der Waals surface area (Å²) in [6.45, 7) is 3.22. The molecule has 0 bridgehead atoms. The summed E-state index contributed by atoms with van der Waals surface area (Å²) in [5.41, 5.74) is 2.63. The van der Waals surface area contributed by atoms with Gasteiger partial charge in [0.2, 0.25) is 0 Å². The number of carbonyl (C=O) groups excluding carboxylic acids is 2. The van der Waals surface area contributed by atoms with Crippen molar-refractivity contribution in [3.8, 4) is 0 Å². The lowest BCUT2D eigenvalue weighted by Gasteiger charge is -2.14. The molecular weight excluding hydrogens is 443 g/mol. The third-order valence-corrected chi connectivity index (χ3v) is 5.20. The van der Waals surface area contributed by atoms with E-state index < -0.39 is 0 Å². The van der Waals surface area contributed by atoms with Gasteiger partial charge in [-0.2, -0.15) is 0 Å². The Bertz CT molecular complexity index is 816. The lowest BCUT2D eigenvalue weighted by atomic mass is 10.1. The molecule has 1 saturated heterocycles. The highest BCUT2D eigenvalue weighted by atomic mass is 127. The molecule has 1 heterocycles. The fourth-order valence-corrected chi connectivity index (χ4v) is 3.81. The second-order valence-electron chi connectivity index (χ2n) is 6.33. The molecule has 1 atom stereocenters. The Morgan fingerprint density at radius 3 is 2.69 bits per heavy atom. The van der Waals surface area contributed by atoms with Crippen molar-refractivity contribution in [1.29, 1.82) is 0 Å². The van der Waals surface area contributed by atoms with Crippen molar-refractivity contribution >= 4 is 40.1 Å². The molecule has 2 aromatic carbocycles. The summed E-state index contributed by atoms with van der Waals surface area (Å²) in [7, 11) is 0. The summed E-state index contributed by atoms with van der Waals surface area (Å²) < 4.78 is 6.40. The van der Waals surface area contributed by atoms with Crippen LogP contribution in [-0.2, 0) is 4.74 Å². The van der Waals surface area contributed by atoms with E-state index in [1.165, 1.54) is 0 Å². The average Bonchev–Trinajstić information content (AvgIpc) is 3.13. The van der Waals surface area contributed by atoms with Crippen LogP contribution in [0.4, 0.5) is 5.69 Å². The van der Waals surface area contributed by atoms with Crippen LogP contribution in [0.25, 0.3) is 0 Å². The Kier molecular flexibility index (Phi) is 6.26. The van der Waals surface area contributed by atoms with Gasteiger partial charge in [-0.1, -0.05) is 23.8 Å². The fraction of sp³-hybridized carbons (Fsp3) is 0.300. The van der Waals surface area contributed by atoms with Crippen LogP contribution in [0.1, 0.15) is 39.1 Å². The highest BCUT2D eigenvalue weighted by Gasteiger charge is 2.19. The lowest BCUT2D eigenvalue weighted by molar-refractivity contribution is 0.0858. The molecule has 0 aromatic heterocycles. The molecule has 0 radical (unpaired) electrons. The van der Waals surface area contributed by atoms with Gasteiger partial charge < -0.3 is 15.4 Å². The zero-order valence-corrected chi connectivity index (χ0v) is 16.7. The molecule has 0 unspecified atom stereocenters. The number of carbonyl (C=O) groups is 2. The molecule has 1 aliphatic rings. The summed E-state index contributed by atoms with van der Waals surface area (Å²) in [6.07, 6.45) is 2.07. The first-order chi connectivity index (χ1) is 12.5. The van der Waals surface area contributed by atoms with Crippen LogP contribution in [0, 0.1) is 10.5 Å². The molecule has 0 saturated carbocycles. The van der Waals surface area contributed by atoms with Gasteiger partial charge in [-0.25, -0.2) is 0 Å². The van der Waals surface area contributed by atoms with Crippen LogP contribution >= 0.6 is 22.6 Å². The molecule has 5 nitrogen and oxygen atoms in total. The molecule has 1 fully saturated rings. The van der Waals surface area contributed by atoms with E-state index in [4.69, 9.17) is 4.74 Å². The number of anilines is 1. The van der Waals surface area contributed by atoms with Gasteiger partial charge in [0, 0.05) is 16.7 Å². The Morgan fingerprint density at radius 1 is 1.15 bits per heavy atom. The molecule has 2 amide bonds. The molecule has 2 aromatic rings. The Hall–Kier alpha value is -1.93. The predicted octanol–water partition coefficient (Wildman–Crippen LogP) is 3.76. The molecule has 2 N–H and O–H groups in total. The predicted molar refractivity (Wildman–Crippen MR) is 110 cm³/mol. The van der Waals surface area contributed by atoms with E-state index in [1.54, 1.807) is 30.3 Å². The molecule has 6 heteroatoms. The van der Waals surface area contributed by atoms with E-state index in [0.717, 1.165) is 28.6 Å². The Morgan fingerprint density at radius 2 is 1.96 bits per heavy atom. The quantitative estimate of drug-likeness (QED) is 0.663. The molecule has 0 spiro atoms. The second-order valence-corrected chi connectivity index (χ2v) is 7.49. The zero-order chi connectivity index (χ0) is 18.5. The van der Waals surface area contributed by atoms with E-state index in [9.17, 15) is 9.59 Å². The number of para-hydroxylation sites is 1. The van der Waals surface area contributed by atoms with Crippen molar-refractivity contribution in [3.05, 3.63) is 62.7 Å². The maximum atomic E-state index is 12.6. The number of hydrogen-bond acceptors (Lipinski definition) is 3. The average molecular weight is 464 g/mol. The van der Waals surface area contributed by atoms with E-state index in [-0.39, 0.29) is 17.9 Å². The molecular formula is C20H21IN2O3. The highest BCUT2D eigenvalue weighted by molar-refractivity contribution is 14.1. The van der Waals surface area contributed by atoms with Crippen molar-refractivity contribution in [2.45, 2.75) is 25.9 Å². The fourth-order valence-electron chi connectivity index (χ4n) is 2.89. The summed E-state index contributed by atoms with van der Waals surface area (Å²) in [5, 5.41) is 5.76. The first-order valence-electron chi connectivity index (χ1n) is 8.61. The maximum Gasteiger partial charge on any atom is 0.256 e. The zero-order valence-electron chi connectivity index (χ0n) is 14.5. The molecule has 0 aliphatic carbocycles. The van der Waals surface area contributed by atoms with E-state index >= 15 is 0 Å². The number of nitrogens with one attached hydrogen (secondary N) is 2. The van der Waals surface area contributed by atoms with Crippen LogP contribution in [0.3, 0.4) is 0 Å². The maximum absolute atomic E-state index is 12.6. The molecule has 26 heavy (non-hydrogen) atoms. The third-order valence-electron chi connectivity index (χ3n) is 4.30. The minimum absolute atomic E-state index is 0.0786. The molecule has 1 aliphatic heterocycles. The first kappa shape index (κ1) is 18.8. The number of hydrogen-bond donors (Lipinski definition) is 2. The van der Waals surface area contributed by atoms with Crippen molar-refractivity contribution < 1.29 is 14.3 Å². The van der Waals surface area contributed by atoms with Gasteiger partial charge in [0.25, 0.3) is 11.8 Å². The summed E-state index contributed by atoms with van der Waals surface area (Å²) in [6, 6.07) is 12.7. The normalized spacial score (nSPS) is 16.3. The largest absolute Gasteiger partial charge is 0.376 e. The van der Waals surface area contributed by atoms with Crippen molar-refractivity contribution in [2.75, 3.05) is 18.5 Å². The monoisotopic (exact) mass is 464 g/mol. The van der Waals surface area contributed by atoms with E-state index in [1.807, 2.05) is 19.1 Å². The summed E-state index contributed by atoms with van der Waals surface area (Å²) >= 11 is 2.15. The topological polar surface area (TPSA) is 67.4 Å². The summed E-state index contributed by atoms with van der Waals surface area (Å²) in [5.74, 6) is -0.441. The van der Waals surface area contributed by atoms with Crippen LogP contribution in [-0.4, -0.2) is 31.1 Å². The summed E-state index contributed by atoms with van der Waals surface area (Å²) in [4.78, 5) is 25.2. The number of aryl methyl sites for hydroxylation is 1. The van der Waals surface area contributed by atoms with Gasteiger partial charge in [-0.15, -0.1) is 0 Å². The standard InChI is InChI=1S/C20H21IN2O3/c1-13-8-9-15(17(21)11-13)20(25)23-18-7-3-2-6-16(18)19(24)22-12-14-5-4-10-26-14/h2-3,6-9,11,14H,4-5,10,12H2,1H3,(H,22,24)(H,23,25)/t14-/m0/s1. The SMILES string of the molecule is Cc1ccc(C(=O)Nc2ccccc2C(=O)NC[C@@H]2CCCO2)c(I)c1. The lowest BCUT2D eigenvalue weighted by Crippen LogP contribution is -2.32. The molecule has 136 valence electrons. The van der Waals surface area contributed by atoms with Crippen LogP contribution in [0.2, 0.25) is 0 Å². The second kappa shape index (κ2) is 8.64. The van der Waals surface area contributed by atoms with Crippen molar-refractivity contribution in [3.63, 3.8) is 0 Å². The van der Waals surface area contributed by atoms with Gasteiger partial charge in [0.1, 0.15) is 0 Å². The van der Waals surface area contributed by atoms with Gasteiger partial charge in [-0.05, 0) is 66.6 Å². The highest BCUT2D eigenvalue weighted by Crippen LogP contribution is 2.20. The van der Waals surface area contributed by atoms with Gasteiger partial charge in [0.15, 0.2) is 0 Å². The smallest absolute Gasteiger partial charge is 0.256 e. The number of benzene rings is 2. The van der Waals surface area contributed by atoms with Gasteiger partial charge in [0.05, 0.1) is 22.9 Å². The number of ether oxygens (including phenoxy) is 1. The van der Waals surface area contributed by atoms with Crippen molar-refractivity contribution in [1.82, 2.24) is 5.32 Å². The van der Waals surface area contributed by atoms with E-state index in [0.29, 0.717) is 23.4 Å². The third kappa shape index (κ3) is 4.62. The van der Waals surface area contributed by atoms with Crippen molar-refractivity contribution in [2.24, 2.45) is 0 Å². The van der Waals surface area contributed by atoms with Crippen LogP contribution in [0.5, 0.6) is 0 Å². The minimum Gasteiger partial charge on any atom is -0.376 e. The first-order valence-corrected chi connectivity index (χ1v) is 9.69. The minimum atomic E-state index is -0.228. The van der Waals surface area contributed by atoms with Gasteiger partial charge >= 0.3 is 0 Å². The number of amides is 2. The number of halogens is 1.